The highest BCUT2D eigenvalue weighted by Crippen LogP contribution is 2.17. The molecule has 0 fully saturated rings. The number of aliphatic carboxylic acids is 1. The average Bonchev–Trinajstić information content (AvgIpc) is 3.27. The molecule has 2 atom stereocenters. The van der Waals surface area contributed by atoms with Crippen LogP contribution in [0.15, 0.2) is 24.3 Å². The smallest absolute Gasteiger partial charge is 0.306 e. The van der Waals surface area contributed by atoms with E-state index in [9.17, 15) is 19.5 Å². The number of ether oxygens (including phenoxy) is 3. The highest BCUT2D eigenvalue weighted by molar-refractivity contribution is 5.70. The predicted molar refractivity (Wildman–Crippen MR) is 273 cm³/mol. The number of carboxylic acids is 1. The van der Waals surface area contributed by atoms with Gasteiger partial charge in [0.15, 0.2) is 6.10 Å². The highest BCUT2D eigenvalue weighted by Gasteiger charge is 2.25. The number of hydrogen-bond acceptors (Lipinski definition) is 7. The van der Waals surface area contributed by atoms with E-state index in [-0.39, 0.29) is 42.7 Å². The third-order valence-corrected chi connectivity index (χ3v) is 12.9. The molecule has 0 saturated heterocycles. The minimum Gasteiger partial charge on any atom is -0.544 e. The number of quaternary nitrogens is 1. The Bertz CT molecular complexity index is 1120. The summed E-state index contributed by atoms with van der Waals surface area (Å²) in [6, 6.07) is -0.723. The molecule has 0 aromatic carbocycles. The van der Waals surface area contributed by atoms with Crippen molar-refractivity contribution in [2.45, 2.75) is 283 Å². The number of hydrogen-bond donors (Lipinski definition) is 0. The van der Waals surface area contributed by atoms with E-state index >= 15 is 0 Å². The fourth-order valence-electron chi connectivity index (χ4n) is 8.58. The molecular formula is C57H107NO7. The van der Waals surface area contributed by atoms with Crippen LogP contribution in [0.3, 0.4) is 0 Å². The maximum atomic E-state index is 12.8. The van der Waals surface area contributed by atoms with Gasteiger partial charge in [0.05, 0.1) is 40.3 Å². The summed E-state index contributed by atoms with van der Waals surface area (Å²) in [5.74, 6) is -1.71. The topological polar surface area (TPSA) is 102 Å². The first-order chi connectivity index (χ1) is 31.6. The quantitative estimate of drug-likeness (QED) is 0.0259. The molecule has 0 saturated carbocycles. The maximum Gasteiger partial charge on any atom is 0.306 e. The normalized spacial score (nSPS) is 12.9. The maximum absolute atomic E-state index is 12.8. The van der Waals surface area contributed by atoms with Crippen LogP contribution < -0.4 is 5.11 Å². The first kappa shape index (κ1) is 62.8. The Morgan fingerprint density at radius 2 is 0.862 bits per heavy atom. The molecular weight excluding hydrogens is 811 g/mol. The Balaban J connectivity index is 4.14. The van der Waals surface area contributed by atoms with Gasteiger partial charge in [-0.25, -0.2) is 0 Å². The number of rotatable bonds is 51. The van der Waals surface area contributed by atoms with E-state index in [0.717, 1.165) is 51.4 Å². The number of carbonyl (C=O) groups is 3. The monoisotopic (exact) mass is 918 g/mol. The number of carbonyl (C=O) groups excluding carboxylic acids is 3. The van der Waals surface area contributed by atoms with Crippen LogP contribution >= 0.6 is 0 Å². The van der Waals surface area contributed by atoms with Crippen LogP contribution in [0.25, 0.3) is 0 Å². The third-order valence-electron chi connectivity index (χ3n) is 12.9. The lowest BCUT2D eigenvalue weighted by Gasteiger charge is -2.34. The third kappa shape index (κ3) is 46.7. The number of unbranched alkanes of at least 4 members (excludes halogenated alkanes) is 33. The second kappa shape index (κ2) is 48.3. The zero-order chi connectivity index (χ0) is 47.7. The van der Waals surface area contributed by atoms with Crippen LogP contribution in [0, 0.1) is 0 Å². The van der Waals surface area contributed by atoms with Crippen molar-refractivity contribution in [1.29, 1.82) is 0 Å². The van der Waals surface area contributed by atoms with Gasteiger partial charge in [0.25, 0.3) is 0 Å². The van der Waals surface area contributed by atoms with Gasteiger partial charge in [0.1, 0.15) is 12.6 Å². The van der Waals surface area contributed by atoms with E-state index in [2.05, 4.69) is 38.2 Å². The molecule has 8 nitrogen and oxygen atoms in total. The van der Waals surface area contributed by atoms with E-state index < -0.39 is 18.1 Å². The van der Waals surface area contributed by atoms with E-state index in [1.54, 1.807) is 0 Å². The van der Waals surface area contributed by atoms with E-state index in [1.807, 2.05) is 21.1 Å². The molecule has 0 heterocycles. The molecule has 0 aliphatic heterocycles. The second-order valence-electron chi connectivity index (χ2n) is 20.2. The van der Waals surface area contributed by atoms with E-state index in [4.69, 9.17) is 14.2 Å². The Labute approximate surface area is 402 Å². The Morgan fingerprint density at radius 1 is 0.477 bits per heavy atom. The fraction of sp³-hybridized carbons (Fsp3) is 0.877. The van der Waals surface area contributed by atoms with Crippen molar-refractivity contribution < 1.29 is 38.2 Å². The largest absolute Gasteiger partial charge is 0.544 e. The zero-order valence-electron chi connectivity index (χ0n) is 43.7. The van der Waals surface area contributed by atoms with Gasteiger partial charge in [-0.3, -0.25) is 9.59 Å². The van der Waals surface area contributed by atoms with Gasteiger partial charge in [-0.05, 0) is 38.5 Å². The van der Waals surface area contributed by atoms with Crippen LogP contribution in [0.5, 0.6) is 0 Å². The summed E-state index contributed by atoms with van der Waals surface area (Å²) < 4.78 is 17.3. The molecule has 0 spiro atoms. The van der Waals surface area contributed by atoms with Crippen molar-refractivity contribution in [2.24, 2.45) is 0 Å². The number of carboxylic acid groups (broad SMARTS) is 1. The number of likely N-dealkylation sites (N-methyl/N-ethyl adjacent to an activating group) is 1. The van der Waals surface area contributed by atoms with Crippen LogP contribution in [0.1, 0.15) is 271 Å². The summed E-state index contributed by atoms with van der Waals surface area (Å²) >= 11 is 0. The van der Waals surface area contributed by atoms with Crippen LogP contribution in [-0.4, -0.2) is 75.5 Å². The van der Waals surface area contributed by atoms with Gasteiger partial charge in [-0.2, -0.15) is 0 Å². The molecule has 0 amide bonds. The van der Waals surface area contributed by atoms with E-state index in [1.165, 1.54) is 186 Å². The number of allylic oxidation sites excluding steroid dienone is 4. The molecule has 0 radical (unpaired) electrons. The molecule has 0 N–H and O–H groups in total. The Kier molecular flexibility index (Phi) is 46.6. The first-order valence-electron chi connectivity index (χ1n) is 27.9. The molecule has 8 heteroatoms. The Hall–Kier alpha value is -2.19. The molecule has 0 aromatic rings. The minimum atomic E-state index is -1.12. The van der Waals surface area contributed by atoms with Crippen molar-refractivity contribution in [3.05, 3.63) is 24.3 Å². The number of nitrogens with zero attached hydrogens (tertiary/aromatic N) is 1. The molecule has 0 rings (SSSR count). The molecule has 2 unspecified atom stereocenters. The SMILES string of the molecule is CC/C=C/C/C=C/CCCCCCCCCCCCCCCCC(=O)OC(COCCC(C(=O)[O-])[N+](C)(C)C)COC(=O)CCCCCCCCCCCCCCCCCCCCCC. The molecule has 0 aliphatic carbocycles. The average molecular weight is 918 g/mol. The molecule has 0 aliphatic rings. The second-order valence-corrected chi connectivity index (χ2v) is 20.2. The number of esters is 2. The zero-order valence-corrected chi connectivity index (χ0v) is 43.7. The van der Waals surface area contributed by atoms with Gasteiger partial charge in [-0.1, -0.05) is 237 Å². The minimum absolute atomic E-state index is 0.0463. The van der Waals surface area contributed by atoms with Gasteiger partial charge >= 0.3 is 11.9 Å². The summed E-state index contributed by atoms with van der Waals surface area (Å²) in [6.45, 7) is 4.62. The highest BCUT2D eigenvalue weighted by atomic mass is 16.6. The fourth-order valence-corrected chi connectivity index (χ4v) is 8.58. The molecule has 0 bridgehead atoms. The lowest BCUT2D eigenvalue weighted by molar-refractivity contribution is -0.889. The standard InChI is InChI=1S/C57H107NO7/c1-6-8-10-12-14-16-18-20-22-24-26-28-30-32-34-36-38-40-42-44-46-48-56(60)65-53(51-63-50-49-54(57(61)62)58(3,4)5)52-64-55(59)47-45-43-41-39-37-35-33-31-29-27-25-23-21-19-17-15-13-11-9-7-2/h8,10,14,16,53-54H,6-7,9,11-13,15,17-52H2,1-5H3/b10-8+,16-14+. The van der Waals surface area contributed by atoms with Gasteiger partial charge in [-0.15, -0.1) is 0 Å². The van der Waals surface area contributed by atoms with Gasteiger partial charge < -0.3 is 28.6 Å². The summed E-state index contributed by atoms with van der Waals surface area (Å²) in [6.07, 6.45) is 56.4. The van der Waals surface area contributed by atoms with Crippen molar-refractivity contribution in [3.8, 4) is 0 Å². The van der Waals surface area contributed by atoms with Crippen molar-refractivity contribution in [3.63, 3.8) is 0 Å². The van der Waals surface area contributed by atoms with Crippen molar-refractivity contribution in [1.82, 2.24) is 0 Å². The molecule has 65 heavy (non-hydrogen) atoms. The van der Waals surface area contributed by atoms with Crippen LogP contribution in [0.2, 0.25) is 0 Å². The van der Waals surface area contributed by atoms with Gasteiger partial charge in [0, 0.05) is 19.3 Å². The molecule has 382 valence electrons. The van der Waals surface area contributed by atoms with Crippen LogP contribution in [0.4, 0.5) is 0 Å². The van der Waals surface area contributed by atoms with Gasteiger partial charge in [0.2, 0.25) is 0 Å². The van der Waals surface area contributed by atoms with E-state index in [0.29, 0.717) is 12.8 Å². The lowest BCUT2D eigenvalue weighted by atomic mass is 10.0. The predicted octanol–water partition coefficient (Wildman–Crippen LogP) is 15.0. The summed E-state index contributed by atoms with van der Waals surface area (Å²) in [5, 5.41) is 11.7. The summed E-state index contributed by atoms with van der Waals surface area (Å²) in [7, 11) is 5.43. The van der Waals surface area contributed by atoms with Crippen LogP contribution in [-0.2, 0) is 28.6 Å². The summed E-state index contributed by atoms with van der Waals surface area (Å²) in [4.78, 5) is 37.1. The first-order valence-corrected chi connectivity index (χ1v) is 27.9. The van der Waals surface area contributed by atoms with Crippen molar-refractivity contribution in [2.75, 3.05) is 41.0 Å². The summed E-state index contributed by atoms with van der Waals surface area (Å²) in [5.41, 5.74) is 0. The molecule has 0 aromatic heterocycles. The van der Waals surface area contributed by atoms with Crippen molar-refractivity contribution >= 4 is 17.9 Å². The Morgan fingerprint density at radius 3 is 1.26 bits per heavy atom. The lowest BCUT2D eigenvalue weighted by Crippen LogP contribution is -2.55.